The molecule has 0 unspecified atom stereocenters. The molecule has 190 valence electrons. The van der Waals surface area contributed by atoms with E-state index < -0.39 is 20.2 Å². The highest BCUT2D eigenvalue weighted by Crippen LogP contribution is 2.37. The van der Waals surface area contributed by atoms with E-state index in [2.05, 4.69) is 35.0 Å². The van der Waals surface area contributed by atoms with Crippen LogP contribution in [0, 0.1) is 0 Å². The lowest BCUT2D eigenvalue weighted by molar-refractivity contribution is -0.116. The number of imidazole rings is 1. The van der Waals surface area contributed by atoms with Crippen LogP contribution >= 0.6 is 11.6 Å². The summed E-state index contributed by atoms with van der Waals surface area (Å²) in [5.74, 6) is 0.441. The van der Waals surface area contributed by atoms with Gasteiger partial charge in [-0.05, 0) is 37.1 Å². The van der Waals surface area contributed by atoms with Gasteiger partial charge in [-0.15, -0.1) is 0 Å². The monoisotopic (exact) mass is 519 g/mol. The third-order valence-corrected chi connectivity index (χ3v) is 7.65. The van der Waals surface area contributed by atoms with Gasteiger partial charge in [0.1, 0.15) is 23.4 Å². The summed E-state index contributed by atoms with van der Waals surface area (Å²) in [6.45, 7) is 7.75. The Morgan fingerprint density at radius 1 is 1.34 bits per heavy atom. The second kappa shape index (κ2) is 11.8. The molecule has 9 nitrogen and oxygen atoms in total. The highest BCUT2D eigenvalue weighted by Gasteiger charge is 2.24. The standard InChI is InChI=1S/C24H34ClN5O4Si/c1-33-24(32)27-16-10-11-17-19(14-16)28-20(31)9-7-5-6-8-18(26)23-29-21(17)22(25)30(23)15-34-12-13-35(2,3)4/h5-6,10-11,14,18H,7-9,12-13,15,26H2,1-4H3,(H,27,32)(H,28,31)/t18-/m0/s1. The average Bonchev–Trinajstić information content (AvgIpc) is 3.11. The predicted octanol–water partition coefficient (Wildman–Crippen LogP) is 5.37. The van der Waals surface area contributed by atoms with Crippen molar-refractivity contribution in [2.45, 2.75) is 57.7 Å². The first kappa shape index (κ1) is 26.9. The van der Waals surface area contributed by atoms with Gasteiger partial charge >= 0.3 is 6.09 Å². The molecule has 1 aromatic carbocycles. The Hall–Kier alpha value is -2.66. The Bertz CT molecular complexity index is 1100. The van der Waals surface area contributed by atoms with Crippen LogP contribution in [-0.4, -0.2) is 43.3 Å². The van der Waals surface area contributed by atoms with Gasteiger partial charge in [0.05, 0.1) is 18.8 Å². The fraction of sp³-hybridized carbons (Fsp3) is 0.458. The Kier molecular flexibility index (Phi) is 9.12. The molecule has 1 aliphatic heterocycles. The molecule has 2 heterocycles. The quantitative estimate of drug-likeness (QED) is 0.268. The zero-order chi connectivity index (χ0) is 25.6. The number of benzene rings is 1. The van der Waals surface area contributed by atoms with E-state index in [-0.39, 0.29) is 12.6 Å². The summed E-state index contributed by atoms with van der Waals surface area (Å²) < 4.78 is 12.4. The van der Waals surface area contributed by atoms with Crippen LogP contribution < -0.4 is 16.4 Å². The van der Waals surface area contributed by atoms with Gasteiger partial charge in [-0.25, -0.2) is 9.78 Å². The number of ether oxygens (including phenoxy) is 2. The molecule has 0 saturated carbocycles. The van der Waals surface area contributed by atoms with Crippen molar-refractivity contribution < 1.29 is 19.1 Å². The van der Waals surface area contributed by atoms with Crippen LogP contribution in [0.2, 0.25) is 30.8 Å². The summed E-state index contributed by atoms with van der Waals surface area (Å²) in [4.78, 5) is 29.1. The van der Waals surface area contributed by atoms with Crippen molar-refractivity contribution in [3.63, 3.8) is 0 Å². The Morgan fingerprint density at radius 3 is 2.83 bits per heavy atom. The maximum atomic E-state index is 12.6. The molecule has 0 spiro atoms. The first-order chi connectivity index (χ1) is 16.6. The molecule has 2 amide bonds. The number of halogens is 1. The molecule has 11 heteroatoms. The second-order valence-electron chi connectivity index (χ2n) is 9.66. The van der Waals surface area contributed by atoms with E-state index in [0.29, 0.717) is 59.5 Å². The van der Waals surface area contributed by atoms with E-state index in [0.717, 1.165) is 6.04 Å². The van der Waals surface area contributed by atoms with E-state index in [1.165, 1.54) is 7.11 Å². The smallest absolute Gasteiger partial charge is 0.411 e. The summed E-state index contributed by atoms with van der Waals surface area (Å²) in [6, 6.07) is 5.73. The molecule has 0 fully saturated rings. The lowest BCUT2D eigenvalue weighted by atomic mass is 10.1. The normalized spacial score (nSPS) is 16.4. The molecular formula is C24H34ClN5O4Si. The number of carbonyl (C=O) groups is 2. The molecule has 35 heavy (non-hydrogen) atoms. The van der Waals surface area contributed by atoms with Crippen LogP contribution in [-0.2, 0) is 21.0 Å². The number of anilines is 2. The van der Waals surface area contributed by atoms with Crippen LogP contribution in [0.5, 0.6) is 0 Å². The van der Waals surface area contributed by atoms with Gasteiger partial charge in [0.15, 0.2) is 0 Å². The second-order valence-corrected chi connectivity index (χ2v) is 15.6. The number of nitrogens with two attached hydrogens (primary N) is 1. The Labute approximate surface area is 212 Å². The van der Waals surface area contributed by atoms with E-state index in [4.69, 9.17) is 27.1 Å². The summed E-state index contributed by atoms with van der Waals surface area (Å²) in [5.41, 5.74) is 8.52. The number of rotatable bonds is 6. The number of aromatic nitrogens is 2. The van der Waals surface area contributed by atoms with Crippen LogP contribution in [0.4, 0.5) is 16.2 Å². The molecule has 1 aliphatic rings. The van der Waals surface area contributed by atoms with Crippen molar-refractivity contribution in [2.24, 2.45) is 5.73 Å². The van der Waals surface area contributed by atoms with Gasteiger partial charge in [0.2, 0.25) is 5.91 Å². The average molecular weight is 520 g/mol. The summed E-state index contributed by atoms with van der Waals surface area (Å²) in [5, 5.41) is 5.91. The van der Waals surface area contributed by atoms with Crippen molar-refractivity contribution in [1.82, 2.24) is 9.55 Å². The van der Waals surface area contributed by atoms with Gasteiger partial charge in [-0.2, -0.15) is 0 Å². The van der Waals surface area contributed by atoms with Crippen LogP contribution in [0.3, 0.4) is 0 Å². The van der Waals surface area contributed by atoms with Crippen molar-refractivity contribution in [3.05, 3.63) is 41.3 Å². The number of hydrogen-bond donors (Lipinski definition) is 3. The number of methoxy groups -OCH3 is 1. The van der Waals surface area contributed by atoms with Gasteiger partial charge in [0.25, 0.3) is 0 Å². The first-order valence-corrected chi connectivity index (χ1v) is 15.7. The fourth-order valence-electron chi connectivity index (χ4n) is 3.55. The topological polar surface area (TPSA) is 121 Å². The first-order valence-electron chi connectivity index (χ1n) is 11.6. The summed E-state index contributed by atoms with van der Waals surface area (Å²) >= 11 is 6.83. The minimum absolute atomic E-state index is 0.167. The number of amides is 2. The van der Waals surface area contributed by atoms with E-state index in [9.17, 15) is 9.59 Å². The van der Waals surface area contributed by atoms with E-state index >= 15 is 0 Å². The number of allylic oxidation sites excluding steroid dienone is 1. The SMILES string of the molecule is COC(=O)Nc1ccc2c(c1)NC(=O)CCC=CC[C@H](N)c1nc-2c(Cl)n1COCC[Si](C)(C)C. The number of carbonyl (C=O) groups excluding carboxylic acids is 2. The Balaban J connectivity index is 2.03. The molecular weight excluding hydrogens is 486 g/mol. The third-order valence-electron chi connectivity index (χ3n) is 5.56. The summed E-state index contributed by atoms with van der Waals surface area (Å²) in [6.07, 6.45) is 4.72. The molecule has 2 aromatic rings. The van der Waals surface area contributed by atoms with Gasteiger partial charge in [-0.1, -0.05) is 43.4 Å². The number of hydrogen-bond acceptors (Lipinski definition) is 6. The van der Waals surface area contributed by atoms with Gasteiger partial charge in [-0.3, -0.25) is 14.7 Å². The highest BCUT2D eigenvalue weighted by molar-refractivity contribution is 6.76. The van der Waals surface area contributed by atoms with E-state index in [1.54, 1.807) is 22.8 Å². The molecule has 1 aromatic heterocycles. The number of nitrogens with one attached hydrogen (secondary N) is 2. The molecule has 1 atom stereocenters. The van der Waals surface area contributed by atoms with Gasteiger partial charge < -0.3 is 20.5 Å². The van der Waals surface area contributed by atoms with Crippen molar-refractivity contribution in [1.29, 1.82) is 0 Å². The Morgan fingerprint density at radius 2 is 2.11 bits per heavy atom. The summed E-state index contributed by atoms with van der Waals surface area (Å²) in [7, 11) is 0.0400. The zero-order valence-electron chi connectivity index (χ0n) is 20.7. The minimum atomic E-state index is -1.24. The minimum Gasteiger partial charge on any atom is -0.453 e. The lowest BCUT2D eigenvalue weighted by Gasteiger charge is -2.17. The molecule has 0 radical (unpaired) electrons. The predicted molar refractivity (Wildman–Crippen MR) is 141 cm³/mol. The maximum Gasteiger partial charge on any atom is 0.411 e. The van der Waals surface area contributed by atoms with Gasteiger partial charge in [0, 0.05) is 32.4 Å². The fourth-order valence-corrected chi connectivity index (χ4v) is 4.59. The van der Waals surface area contributed by atoms with Crippen molar-refractivity contribution in [2.75, 3.05) is 24.4 Å². The van der Waals surface area contributed by atoms with Crippen molar-refractivity contribution >= 4 is 43.1 Å². The molecule has 4 N–H and O–H groups in total. The van der Waals surface area contributed by atoms with E-state index in [1.807, 2.05) is 12.2 Å². The third kappa shape index (κ3) is 7.41. The molecule has 2 bridgehead atoms. The lowest BCUT2D eigenvalue weighted by Crippen LogP contribution is -2.23. The van der Waals surface area contributed by atoms with Crippen LogP contribution in [0.15, 0.2) is 30.4 Å². The largest absolute Gasteiger partial charge is 0.453 e. The van der Waals surface area contributed by atoms with Crippen molar-refractivity contribution in [3.8, 4) is 11.3 Å². The number of nitrogens with zero attached hydrogens (tertiary/aromatic N) is 2. The van der Waals surface area contributed by atoms with Crippen LogP contribution in [0.1, 0.15) is 31.1 Å². The van der Waals surface area contributed by atoms with Crippen LogP contribution in [0.25, 0.3) is 11.3 Å². The molecule has 3 rings (SSSR count). The maximum absolute atomic E-state index is 12.6. The zero-order valence-corrected chi connectivity index (χ0v) is 22.4. The number of fused-ring (bicyclic) bond motifs is 4. The highest BCUT2D eigenvalue weighted by atomic mass is 35.5. The molecule has 0 saturated heterocycles. The molecule has 0 aliphatic carbocycles.